The molecular formula is C15H23N3O2. The average molecular weight is 277 g/mol. The van der Waals surface area contributed by atoms with Crippen LogP contribution in [0, 0.1) is 0 Å². The normalized spacial score (nSPS) is 17.2. The minimum atomic E-state index is 0.216. The highest BCUT2D eigenvalue weighted by molar-refractivity contribution is 6.01. The number of benzene rings is 1. The Hall–Kier alpha value is -1.59. The van der Waals surface area contributed by atoms with Gasteiger partial charge in [0.1, 0.15) is 11.5 Å². The molecule has 0 aromatic heterocycles. The highest BCUT2D eigenvalue weighted by atomic mass is 16.5. The average Bonchev–Trinajstić information content (AvgIpc) is 2.48. The Kier molecular flexibility index (Phi) is 5.38. The lowest BCUT2D eigenvalue weighted by Gasteiger charge is -2.26. The van der Waals surface area contributed by atoms with Crippen molar-refractivity contribution < 1.29 is 9.84 Å². The molecule has 0 spiro atoms. The van der Waals surface area contributed by atoms with Gasteiger partial charge in [-0.15, -0.1) is 0 Å². The Labute approximate surface area is 120 Å². The summed E-state index contributed by atoms with van der Waals surface area (Å²) in [5, 5.41) is 13.3. The minimum Gasteiger partial charge on any atom is -0.507 e. The number of rotatable bonds is 5. The number of piperazine rings is 1. The van der Waals surface area contributed by atoms with Crippen molar-refractivity contribution in [3.05, 3.63) is 23.8 Å². The fourth-order valence-electron chi connectivity index (χ4n) is 2.32. The van der Waals surface area contributed by atoms with Gasteiger partial charge in [0.2, 0.25) is 0 Å². The van der Waals surface area contributed by atoms with Crippen LogP contribution in [0.3, 0.4) is 0 Å². The van der Waals surface area contributed by atoms with E-state index in [4.69, 9.17) is 4.74 Å². The molecule has 1 aromatic rings. The maximum atomic E-state index is 9.96. The third-order valence-electron chi connectivity index (χ3n) is 3.57. The van der Waals surface area contributed by atoms with Crippen LogP contribution in [0.15, 0.2) is 23.2 Å². The Morgan fingerprint density at radius 3 is 2.80 bits per heavy atom. The van der Waals surface area contributed by atoms with E-state index in [0.29, 0.717) is 5.75 Å². The highest BCUT2D eigenvalue weighted by Gasteiger charge is 2.09. The number of hydrogen-bond acceptors (Lipinski definition) is 5. The van der Waals surface area contributed by atoms with Crippen molar-refractivity contribution in [3.63, 3.8) is 0 Å². The lowest BCUT2D eigenvalue weighted by Crippen LogP contribution is -2.44. The molecule has 0 radical (unpaired) electrons. The highest BCUT2D eigenvalue weighted by Crippen LogP contribution is 2.23. The Morgan fingerprint density at radius 2 is 2.15 bits per heavy atom. The van der Waals surface area contributed by atoms with E-state index in [1.165, 1.54) is 0 Å². The van der Waals surface area contributed by atoms with Crippen LogP contribution in [0.4, 0.5) is 0 Å². The van der Waals surface area contributed by atoms with Gasteiger partial charge in [0.05, 0.1) is 13.7 Å². The van der Waals surface area contributed by atoms with Crippen molar-refractivity contribution in [2.75, 3.05) is 46.4 Å². The van der Waals surface area contributed by atoms with Crippen LogP contribution in [0.2, 0.25) is 0 Å². The maximum absolute atomic E-state index is 9.96. The van der Waals surface area contributed by atoms with Gasteiger partial charge in [-0.2, -0.15) is 0 Å². The molecule has 0 atom stereocenters. The predicted octanol–water partition coefficient (Wildman–Crippen LogP) is 1.11. The van der Waals surface area contributed by atoms with Crippen molar-refractivity contribution in [2.45, 2.75) is 6.92 Å². The lowest BCUT2D eigenvalue weighted by molar-refractivity contribution is 0.247. The van der Waals surface area contributed by atoms with Gasteiger partial charge in [0.15, 0.2) is 0 Å². The monoisotopic (exact) mass is 277 g/mol. The molecular weight excluding hydrogens is 254 g/mol. The molecule has 1 fully saturated rings. The van der Waals surface area contributed by atoms with E-state index in [-0.39, 0.29) is 5.75 Å². The van der Waals surface area contributed by atoms with Crippen LogP contribution in [0.1, 0.15) is 12.5 Å². The molecule has 5 nitrogen and oxygen atoms in total. The first-order valence-electron chi connectivity index (χ1n) is 7.02. The van der Waals surface area contributed by atoms with Gasteiger partial charge in [-0.3, -0.25) is 9.89 Å². The number of aromatic hydroxyl groups is 1. The van der Waals surface area contributed by atoms with Crippen molar-refractivity contribution in [1.29, 1.82) is 0 Å². The third-order valence-corrected chi connectivity index (χ3v) is 3.57. The number of ether oxygens (including phenoxy) is 1. The summed E-state index contributed by atoms with van der Waals surface area (Å²) < 4.78 is 5.08. The van der Waals surface area contributed by atoms with Crippen LogP contribution < -0.4 is 10.1 Å². The number of nitrogens with zero attached hydrogens (tertiary/aromatic N) is 2. The number of hydrogen-bond donors (Lipinski definition) is 2. The Bertz CT molecular complexity index is 468. The van der Waals surface area contributed by atoms with E-state index < -0.39 is 0 Å². The number of aliphatic imine (C=N–C) groups is 1. The molecule has 0 aliphatic carbocycles. The quantitative estimate of drug-likeness (QED) is 0.792. The van der Waals surface area contributed by atoms with E-state index in [2.05, 4.69) is 15.2 Å². The van der Waals surface area contributed by atoms with Crippen LogP contribution in [0.25, 0.3) is 0 Å². The van der Waals surface area contributed by atoms with Crippen LogP contribution in [0.5, 0.6) is 11.5 Å². The van der Waals surface area contributed by atoms with Crippen molar-refractivity contribution in [2.24, 2.45) is 4.99 Å². The molecule has 0 saturated carbocycles. The van der Waals surface area contributed by atoms with Gasteiger partial charge in [0, 0.05) is 50.1 Å². The zero-order valence-corrected chi connectivity index (χ0v) is 12.2. The molecule has 0 unspecified atom stereocenters. The third kappa shape index (κ3) is 3.95. The second-order valence-electron chi connectivity index (χ2n) is 4.94. The van der Waals surface area contributed by atoms with Crippen molar-refractivity contribution in [3.8, 4) is 11.5 Å². The molecule has 1 heterocycles. The van der Waals surface area contributed by atoms with Gasteiger partial charge in [-0.25, -0.2) is 0 Å². The molecule has 20 heavy (non-hydrogen) atoms. The fourth-order valence-corrected chi connectivity index (χ4v) is 2.32. The summed E-state index contributed by atoms with van der Waals surface area (Å²) >= 11 is 0. The lowest BCUT2D eigenvalue weighted by atomic mass is 10.1. The maximum Gasteiger partial charge on any atom is 0.128 e. The molecule has 110 valence electrons. The number of phenolic OH excluding ortho intramolecular Hbond substituents is 1. The minimum absolute atomic E-state index is 0.216. The zero-order valence-electron chi connectivity index (χ0n) is 12.2. The summed E-state index contributed by atoms with van der Waals surface area (Å²) in [6.45, 7) is 7.95. The van der Waals surface area contributed by atoms with Crippen LogP contribution >= 0.6 is 0 Å². The molecule has 2 rings (SSSR count). The van der Waals surface area contributed by atoms with Gasteiger partial charge in [-0.1, -0.05) is 0 Å². The largest absolute Gasteiger partial charge is 0.507 e. The van der Waals surface area contributed by atoms with Gasteiger partial charge < -0.3 is 15.2 Å². The first-order valence-corrected chi connectivity index (χ1v) is 7.02. The van der Waals surface area contributed by atoms with E-state index >= 15 is 0 Å². The second kappa shape index (κ2) is 7.26. The Balaban J connectivity index is 1.92. The fraction of sp³-hybridized carbons (Fsp3) is 0.533. The summed E-state index contributed by atoms with van der Waals surface area (Å²) in [6, 6.07) is 5.30. The summed E-state index contributed by atoms with van der Waals surface area (Å²) in [6.07, 6.45) is 0. The predicted molar refractivity (Wildman–Crippen MR) is 81.0 cm³/mol. The van der Waals surface area contributed by atoms with Gasteiger partial charge in [-0.05, 0) is 19.1 Å². The Morgan fingerprint density at radius 1 is 1.40 bits per heavy atom. The van der Waals surface area contributed by atoms with E-state index in [1.807, 2.05) is 19.1 Å². The zero-order chi connectivity index (χ0) is 14.4. The van der Waals surface area contributed by atoms with E-state index in [0.717, 1.165) is 50.5 Å². The van der Waals surface area contributed by atoms with Gasteiger partial charge in [0.25, 0.3) is 0 Å². The summed E-state index contributed by atoms with van der Waals surface area (Å²) in [4.78, 5) is 6.96. The molecule has 1 aliphatic rings. The number of methoxy groups -OCH3 is 1. The summed E-state index contributed by atoms with van der Waals surface area (Å²) in [5.74, 6) is 0.868. The number of nitrogens with one attached hydrogen (secondary N) is 1. The first kappa shape index (κ1) is 14.8. The molecule has 2 N–H and O–H groups in total. The van der Waals surface area contributed by atoms with Gasteiger partial charge >= 0.3 is 0 Å². The molecule has 0 bridgehead atoms. The summed E-state index contributed by atoms with van der Waals surface area (Å²) in [5.41, 5.74) is 1.63. The second-order valence-corrected chi connectivity index (χ2v) is 4.94. The topological polar surface area (TPSA) is 57.1 Å². The summed E-state index contributed by atoms with van der Waals surface area (Å²) in [7, 11) is 1.59. The van der Waals surface area contributed by atoms with Crippen molar-refractivity contribution >= 4 is 5.71 Å². The smallest absolute Gasteiger partial charge is 0.128 e. The SMILES string of the molecule is COc1ccc(C(C)=NCCN2CCNCC2)c(O)c1. The standard InChI is InChI=1S/C15H23N3O2/c1-12(14-4-3-13(20-2)11-15(14)19)17-7-10-18-8-5-16-6-9-18/h3-4,11,16,19H,5-10H2,1-2H3. The molecule has 0 amide bonds. The molecule has 5 heteroatoms. The molecule has 1 aliphatic heterocycles. The van der Waals surface area contributed by atoms with E-state index in [9.17, 15) is 5.11 Å². The van der Waals surface area contributed by atoms with E-state index in [1.54, 1.807) is 13.2 Å². The van der Waals surface area contributed by atoms with Crippen LogP contribution in [-0.4, -0.2) is 62.1 Å². The first-order chi connectivity index (χ1) is 9.70. The molecule has 1 saturated heterocycles. The number of phenols is 1. The van der Waals surface area contributed by atoms with Crippen LogP contribution in [-0.2, 0) is 0 Å². The molecule has 1 aromatic carbocycles. The van der Waals surface area contributed by atoms with Crippen molar-refractivity contribution in [1.82, 2.24) is 10.2 Å².